The first-order chi connectivity index (χ1) is 12.7. The van der Waals surface area contributed by atoms with Crippen LogP contribution in [0.4, 0.5) is 0 Å². The second-order valence-corrected chi connectivity index (χ2v) is 7.36. The number of pyridine rings is 1. The number of rotatable bonds is 12. The van der Waals surface area contributed by atoms with E-state index in [1.165, 1.54) is 44.1 Å². The third-order valence-electron chi connectivity index (χ3n) is 5.10. The van der Waals surface area contributed by atoms with E-state index in [0.29, 0.717) is 0 Å². The van der Waals surface area contributed by atoms with Gasteiger partial charge in [0, 0.05) is 11.8 Å². The molecule has 0 bridgehead atoms. The van der Waals surface area contributed by atoms with Crippen molar-refractivity contribution in [1.29, 1.82) is 0 Å². The summed E-state index contributed by atoms with van der Waals surface area (Å²) in [6.45, 7) is 7.62. The number of nitrogens with zero attached hydrogens (tertiary/aromatic N) is 1. The molecule has 2 heteroatoms. The molecule has 1 aromatic carbocycles. The summed E-state index contributed by atoms with van der Waals surface area (Å²) < 4.78 is 6.11. The first-order valence-electron chi connectivity index (χ1n) is 10.4. The van der Waals surface area contributed by atoms with Crippen molar-refractivity contribution in [2.75, 3.05) is 6.61 Å². The van der Waals surface area contributed by atoms with Gasteiger partial charge in [0.15, 0.2) is 0 Å². The third kappa shape index (κ3) is 6.82. The van der Waals surface area contributed by atoms with Crippen LogP contribution >= 0.6 is 0 Å². The zero-order valence-electron chi connectivity index (χ0n) is 16.8. The van der Waals surface area contributed by atoms with E-state index in [0.717, 1.165) is 42.4 Å². The summed E-state index contributed by atoms with van der Waals surface area (Å²) in [7, 11) is 0. The Balaban J connectivity index is 1.96. The van der Waals surface area contributed by atoms with Crippen LogP contribution in [0.5, 0.6) is 5.75 Å². The lowest BCUT2D eigenvalue weighted by molar-refractivity contribution is 0.301. The van der Waals surface area contributed by atoms with Crippen molar-refractivity contribution in [1.82, 2.24) is 4.98 Å². The third-order valence-corrected chi connectivity index (χ3v) is 5.10. The van der Waals surface area contributed by atoms with Gasteiger partial charge in [-0.3, -0.25) is 4.98 Å². The van der Waals surface area contributed by atoms with Crippen molar-refractivity contribution in [2.45, 2.75) is 72.1 Å². The van der Waals surface area contributed by atoms with Gasteiger partial charge in [0.1, 0.15) is 5.75 Å². The fraction of sp³-hybridized carbons (Fsp3) is 0.542. The van der Waals surface area contributed by atoms with Gasteiger partial charge < -0.3 is 4.74 Å². The van der Waals surface area contributed by atoms with Gasteiger partial charge in [-0.15, -0.1) is 0 Å². The van der Waals surface area contributed by atoms with Crippen molar-refractivity contribution >= 4 is 0 Å². The van der Waals surface area contributed by atoms with E-state index < -0.39 is 0 Å². The number of hydrogen-bond acceptors (Lipinski definition) is 2. The van der Waals surface area contributed by atoms with Crippen molar-refractivity contribution in [2.24, 2.45) is 5.92 Å². The van der Waals surface area contributed by atoms with E-state index in [-0.39, 0.29) is 0 Å². The molecule has 2 rings (SSSR count). The normalized spacial score (nSPS) is 12.1. The fourth-order valence-corrected chi connectivity index (χ4v) is 3.14. The number of hydrogen-bond donors (Lipinski definition) is 0. The highest BCUT2D eigenvalue weighted by atomic mass is 16.5. The van der Waals surface area contributed by atoms with E-state index in [4.69, 9.17) is 4.74 Å². The van der Waals surface area contributed by atoms with Crippen LogP contribution in [0.25, 0.3) is 11.3 Å². The summed E-state index contributed by atoms with van der Waals surface area (Å²) in [5, 5.41) is 0. The molecular formula is C24H35NO. The SMILES string of the molecule is CCCCCc1ccnc(-c2ccccc2OCCCCC(C)CC)c1. The van der Waals surface area contributed by atoms with Gasteiger partial charge in [-0.2, -0.15) is 0 Å². The number of unbranched alkanes of at least 4 members (excludes halogenated alkanes) is 3. The molecule has 2 aromatic rings. The molecular weight excluding hydrogens is 318 g/mol. The molecule has 1 atom stereocenters. The fourth-order valence-electron chi connectivity index (χ4n) is 3.14. The maximum absolute atomic E-state index is 6.11. The van der Waals surface area contributed by atoms with Gasteiger partial charge >= 0.3 is 0 Å². The first kappa shape index (κ1) is 20.5. The Morgan fingerprint density at radius 2 is 1.85 bits per heavy atom. The van der Waals surface area contributed by atoms with Crippen LogP contribution in [-0.4, -0.2) is 11.6 Å². The van der Waals surface area contributed by atoms with Crippen LogP contribution in [0.2, 0.25) is 0 Å². The standard InChI is InChI=1S/C24H35NO/c1-4-6-7-13-21-16-17-25-23(19-21)22-14-8-9-15-24(22)26-18-11-10-12-20(3)5-2/h8-9,14-17,19-20H,4-7,10-13,18H2,1-3H3. The zero-order valence-corrected chi connectivity index (χ0v) is 16.8. The predicted octanol–water partition coefficient (Wildman–Crippen LogP) is 7.08. The van der Waals surface area contributed by atoms with Crippen LogP contribution in [0, 0.1) is 5.92 Å². The van der Waals surface area contributed by atoms with E-state index in [1.807, 2.05) is 12.3 Å². The molecule has 0 amide bonds. The Hall–Kier alpha value is -1.83. The summed E-state index contributed by atoms with van der Waals surface area (Å²) in [6.07, 6.45) is 11.8. The molecule has 1 aromatic heterocycles. The smallest absolute Gasteiger partial charge is 0.128 e. The molecule has 0 N–H and O–H groups in total. The second-order valence-electron chi connectivity index (χ2n) is 7.36. The highest BCUT2D eigenvalue weighted by Crippen LogP contribution is 2.29. The van der Waals surface area contributed by atoms with Gasteiger partial charge in [0.25, 0.3) is 0 Å². The molecule has 1 heterocycles. The topological polar surface area (TPSA) is 22.1 Å². The minimum atomic E-state index is 0.781. The number of ether oxygens (including phenoxy) is 1. The average Bonchev–Trinajstić information content (AvgIpc) is 2.68. The van der Waals surface area contributed by atoms with Gasteiger partial charge in [-0.1, -0.05) is 58.6 Å². The second kappa shape index (κ2) is 11.7. The van der Waals surface area contributed by atoms with E-state index in [2.05, 4.69) is 56.1 Å². The summed E-state index contributed by atoms with van der Waals surface area (Å²) in [4.78, 5) is 4.60. The molecule has 1 unspecified atom stereocenters. The Kier molecular flexibility index (Phi) is 9.23. The average molecular weight is 354 g/mol. The molecule has 0 aliphatic heterocycles. The minimum absolute atomic E-state index is 0.781. The monoisotopic (exact) mass is 353 g/mol. The summed E-state index contributed by atoms with van der Waals surface area (Å²) >= 11 is 0. The minimum Gasteiger partial charge on any atom is -0.493 e. The lowest BCUT2D eigenvalue weighted by Gasteiger charge is -2.13. The summed E-state index contributed by atoms with van der Waals surface area (Å²) in [5.74, 6) is 1.77. The Bertz CT molecular complexity index is 638. The number of para-hydroxylation sites is 1. The Morgan fingerprint density at radius 1 is 1.00 bits per heavy atom. The number of benzene rings is 1. The van der Waals surface area contributed by atoms with Gasteiger partial charge in [0.2, 0.25) is 0 Å². The number of aryl methyl sites for hydroxylation is 1. The molecule has 26 heavy (non-hydrogen) atoms. The van der Waals surface area contributed by atoms with E-state index in [9.17, 15) is 0 Å². The lowest BCUT2D eigenvalue weighted by Crippen LogP contribution is -2.01. The molecule has 0 aliphatic rings. The molecule has 0 aliphatic carbocycles. The number of aromatic nitrogens is 1. The molecule has 0 fully saturated rings. The van der Waals surface area contributed by atoms with Crippen LogP contribution in [0.1, 0.15) is 71.3 Å². The summed E-state index contributed by atoms with van der Waals surface area (Å²) in [5.41, 5.74) is 3.49. The molecule has 0 saturated heterocycles. The van der Waals surface area contributed by atoms with Crippen LogP contribution in [-0.2, 0) is 6.42 Å². The van der Waals surface area contributed by atoms with Gasteiger partial charge in [-0.05, 0) is 61.4 Å². The van der Waals surface area contributed by atoms with E-state index in [1.54, 1.807) is 0 Å². The molecule has 2 nitrogen and oxygen atoms in total. The van der Waals surface area contributed by atoms with Crippen LogP contribution in [0.3, 0.4) is 0 Å². The maximum Gasteiger partial charge on any atom is 0.128 e. The van der Waals surface area contributed by atoms with Crippen molar-refractivity contribution < 1.29 is 4.74 Å². The lowest BCUT2D eigenvalue weighted by atomic mass is 10.0. The zero-order chi connectivity index (χ0) is 18.6. The maximum atomic E-state index is 6.11. The first-order valence-corrected chi connectivity index (χ1v) is 10.4. The Labute approximate surface area is 160 Å². The van der Waals surface area contributed by atoms with Crippen molar-refractivity contribution in [3.63, 3.8) is 0 Å². The quantitative estimate of drug-likeness (QED) is 0.380. The molecule has 0 spiro atoms. The molecule has 0 saturated carbocycles. The highest BCUT2D eigenvalue weighted by Gasteiger charge is 2.08. The highest BCUT2D eigenvalue weighted by molar-refractivity contribution is 5.67. The summed E-state index contributed by atoms with van der Waals surface area (Å²) in [6, 6.07) is 12.7. The van der Waals surface area contributed by atoms with Crippen molar-refractivity contribution in [3.8, 4) is 17.0 Å². The van der Waals surface area contributed by atoms with Crippen LogP contribution in [0.15, 0.2) is 42.6 Å². The Morgan fingerprint density at radius 3 is 2.65 bits per heavy atom. The largest absolute Gasteiger partial charge is 0.493 e. The van der Waals surface area contributed by atoms with Gasteiger partial charge in [-0.25, -0.2) is 0 Å². The van der Waals surface area contributed by atoms with E-state index >= 15 is 0 Å². The molecule has 142 valence electrons. The van der Waals surface area contributed by atoms with Gasteiger partial charge in [0.05, 0.1) is 12.3 Å². The molecule has 0 radical (unpaired) electrons. The van der Waals surface area contributed by atoms with Crippen LogP contribution < -0.4 is 4.74 Å². The predicted molar refractivity (Wildman–Crippen MR) is 112 cm³/mol. The van der Waals surface area contributed by atoms with Crippen molar-refractivity contribution in [3.05, 3.63) is 48.2 Å².